The molecular weight excluding hydrogens is 304 g/mol. The molecule has 0 fully saturated rings. The number of nitrogens with zero attached hydrogens (tertiary/aromatic N) is 4. The number of aliphatic hydroxyl groups is 1. The van der Waals surface area contributed by atoms with Crippen LogP contribution in [0.3, 0.4) is 0 Å². The summed E-state index contributed by atoms with van der Waals surface area (Å²) in [5, 5.41) is 10.3. The van der Waals surface area contributed by atoms with Crippen molar-refractivity contribution in [2.45, 2.75) is 26.5 Å². The zero-order valence-corrected chi connectivity index (χ0v) is 13.8. The molecule has 1 atom stereocenters. The van der Waals surface area contributed by atoms with Gasteiger partial charge in [-0.1, -0.05) is 12.1 Å². The predicted molar refractivity (Wildman–Crippen MR) is 90.7 cm³/mol. The zero-order valence-electron chi connectivity index (χ0n) is 13.8. The van der Waals surface area contributed by atoms with Gasteiger partial charge in [0.2, 0.25) is 0 Å². The number of hydrogen-bond donors (Lipinski definition) is 1. The molecule has 3 rings (SSSR count). The van der Waals surface area contributed by atoms with E-state index in [1.54, 1.807) is 24.8 Å². The first-order valence-electron chi connectivity index (χ1n) is 7.79. The van der Waals surface area contributed by atoms with Gasteiger partial charge in [-0.2, -0.15) is 0 Å². The molecule has 24 heavy (non-hydrogen) atoms. The van der Waals surface area contributed by atoms with Gasteiger partial charge in [0.05, 0.1) is 12.7 Å². The number of imidazole rings is 1. The molecule has 1 unspecified atom stereocenters. The van der Waals surface area contributed by atoms with Crippen molar-refractivity contribution in [3.8, 4) is 17.3 Å². The first-order valence-corrected chi connectivity index (χ1v) is 7.79. The van der Waals surface area contributed by atoms with E-state index in [1.807, 2.05) is 42.8 Å². The molecule has 6 heteroatoms. The fraction of sp³-hybridized carbons (Fsp3) is 0.278. The van der Waals surface area contributed by atoms with Gasteiger partial charge in [-0.15, -0.1) is 0 Å². The average molecular weight is 324 g/mol. The smallest absolute Gasteiger partial charge is 0.160 e. The molecule has 0 aliphatic carbocycles. The summed E-state index contributed by atoms with van der Waals surface area (Å²) in [6.07, 6.45) is 7.72. The van der Waals surface area contributed by atoms with E-state index in [2.05, 4.69) is 15.0 Å². The van der Waals surface area contributed by atoms with Gasteiger partial charge >= 0.3 is 0 Å². The van der Waals surface area contributed by atoms with Crippen LogP contribution in [0.15, 0.2) is 49.2 Å². The van der Waals surface area contributed by atoms with E-state index in [0.717, 1.165) is 16.9 Å². The molecule has 1 N–H and O–H groups in total. The average Bonchev–Trinajstić information content (AvgIpc) is 3.04. The molecule has 0 aliphatic rings. The minimum Gasteiger partial charge on any atom is -0.491 e. The van der Waals surface area contributed by atoms with Gasteiger partial charge in [0.25, 0.3) is 0 Å². The SMILES string of the molecule is Cc1ccc(C)c(OCC(O)Cn2ccnc2-c2cnccn2)c1. The van der Waals surface area contributed by atoms with Crippen LogP contribution in [0, 0.1) is 13.8 Å². The summed E-state index contributed by atoms with van der Waals surface area (Å²) in [4.78, 5) is 12.6. The quantitative estimate of drug-likeness (QED) is 0.754. The summed E-state index contributed by atoms with van der Waals surface area (Å²) in [5.41, 5.74) is 2.85. The van der Waals surface area contributed by atoms with Crippen molar-refractivity contribution in [3.63, 3.8) is 0 Å². The summed E-state index contributed by atoms with van der Waals surface area (Å²) in [6.45, 7) is 4.59. The first-order chi connectivity index (χ1) is 11.6. The lowest BCUT2D eigenvalue weighted by Gasteiger charge is -2.16. The van der Waals surface area contributed by atoms with Crippen LogP contribution >= 0.6 is 0 Å². The second-order valence-corrected chi connectivity index (χ2v) is 5.73. The highest BCUT2D eigenvalue weighted by molar-refractivity contribution is 5.47. The molecule has 0 spiro atoms. The standard InChI is InChI=1S/C18H20N4O2/c1-13-3-4-14(2)17(9-13)24-12-15(23)11-22-8-7-21-18(22)16-10-19-5-6-20-16/h3-10,15,23H,11-12H2,1-2H3. The molecule has 0 amide bonds. The first kappa shape index (κ1) is 16.1. The van der Waals surface area contributed by atoms with Crippen LogP contribution in [0.4, 0.5) is 0 Å². The second kappa shape index (κ2) is 7.23. The number of aryl methyl sites for hydroxylation is 2. The molecule has 2 heterocycles. The summed E-state index contributed by atoms with van der Waals surface area (Å²) in [5.74, 6) is 1.47. The summed E-state index contributed by atoms with van der Waals surface area (Å²) >= 11 is 0. The maximum atomic E-state index is 10.3. The van der Waals surface area contributed by atoms with Gasteiger partial charge < -0.3 is 14.4 Å². The summed E-state index contributed by atoms with van der Waals surface area (Å²) in [7, 11) is 0. The third-order valence-corrected chi connectivity index (χ3v) is 3.69. The Kier molecular flexibility index (Phi) is 4.86. The molecule has 0 saturated carbocycles. The Labute approximate surface area is 140 Å². The largest absolute Gasteiger partial charge is 0.491 e. The fourth-order valence-electron chi connectivity index (χ4n) is 2.43. The molecule has 0 aliphatic heterocycles. The normalized spacial score (nSPS) is 12.1. The predicted octanol–water partition coefficient (Wildman–Crippen LogP) is 2.40. The van der Waals surface area contributed by atoms with Gasteiger partial charge in [0.1, 0.15) is 24.2 Å². The molecule has 2 aromatic heterocycles. The monoisotopic (exact) mass is 324 g/mol. The Balaban J connectivity index is 1.65. The summed E-state index contributed by atoms with van der Waals surface area (Å²) < 4.78 is 7.61. The van der Waals surface area contributed by atoms with Crippen molar-refractivity contribution < 1.29 is 9.84 Å². The van der Waals surface area contributed by atoms with Crippen LogP contribution in [0.2, 0.25) is 0 Å². The van der Waals surface area contributed by atoms with E-state index in [-0.39, 0.29) is 6.61 Å². The van der Waals surface area contributed by atoms with Crippen LogP contribution in [-0.2, 0) is 6.54 Å². The maximum absolute atomic E-state index is 10.3. The molecule has 124 valence electrons. The minimum absolute atomic E-state index is 0.211. The van der Waals surface area contributed by atoms with Crippen molar-refractivity contribution >= 4 is 0 Å². The fourth-order valence-corrected chi connectivity index (χ4v) is 2.43. The number of rotatable bonds is 6. The van der Waals surface area contributed by atoms with E-state index in [4.69, 9.17) is 4.74 Å². The maximum Gasteiger partial charge on any atom is 0.160 e. The van der Waals surface area contributed by atoms with Crippen LogP contribution in [0.5, 0.6) is 5.75 Å². The lowest BCUT2D eigenvalue weighted by atomic mass is 10.1. The van der Waals surface area contributed by atoms with Crippen LogP contribution in [0.25, 0.3) is 11.5 Å². The van der Waals surface area contributed by atoms with Crippen molar-refractivity contribution in [2.24, 2.45) is 0 Å². The highest BCUT2D eigenvalue weighted by Gasteiger charge is 2.13. The zero-order chi connectivity index (χ0) is 16.9. The van der Waals surface area contributed by atoms with Gasteiger partial charge in [0, 0.05) is 24.8 Å². The van der Waals surface area contributed by atoms with E-state index in [1.165, 1.54) is 0 Å². The van der Waals surface area contributed by atoms with Crippen molar-refractivity contribution in [1.29, 1.82) is 0 Å². The van der Waals surface area contributed by atoms with Gasteiger partial charge in [0.15, 0.2) is 5.82 Å². The van der Waals surface area contributed by atoms with Crippen molar-refractivity contribution in [1.82, 2.24) is 19.5 Å². The van der Waals surface area contributed by atoms with Crippen LogP contribution in [-0.4, -0.2) is 37.3 Å². The number of aromatic nitrogens is 4. The van der Waals surface area contributed by atoms with Crippen LogP contribution < -0.4 is 4.74 Å². The van der Waals surface area contributed by atoms with Crippen molar-refractivity contribution in [2.75, 3.05) is 6.61 Å². The van der Waals surface area contributed by atoms with Gasteiger partial charge in [-0.05, 0) is 31.0 Å². The molecule has 0 bridgehead atoms. The number of ether oxygens (including phenoxy) is 1. The lowest BCUT2D eigenvalue weighted by Crippen LogP contribution is -2.24. The highest BCUT2D eigenvalue weighted by Crippen LogP contribution is 2.19. The topological polar surface area (TPSA) is 73.1 Å². The van der Waals surface area contributed by atoms with Crippen LogP contribution in [0.1, 0.15) is 11.1 Å². The van der Waals surface area contributed by atoms with E-state index < -0.39 is 6.10 Å². The Morgan fingerprint density at radius 2 is 2.04 bits per heavy atom. The van der Waals surface area contributed by atoms with E-state index in [9.17, 15) is 5.11 Å². The second-order valence-electron chi connectivity index (χ2n) is 5.73. The minimum atomic E-state index is -0.658. The molecular formula is C18H20N4O2. The number of aliphatic hydroxyl groups excluding tert-OH is 1. The Morgan fingerprint density at radius 1 is 1.17 bits per heavy atom. The molecule has 0 saturated heterocycles. The van der Waals surface area contributed by atoms with Crippen molar-refractivity contribution in [3.05, 3.63) is 60.3 Å². The highest BCUT2D eigenvalue weighted by atomic mass is 16.5. The Hall–Kier alpha value is -2.73. The van der Waals surface area contributed by atoms with Gasteiger partial charge in [-0.25, -0.2) is 9.97 Å². The third kappa shape index (κ3) is 3.78. The molecule has 1 aromatic carbocycles. The Morgan fingerprint density at radius 3 is 2.83 bits per heavy atom. The Bertz CT molecular complexity index is 802. The molecule has 0 radical (unpaired) electrons. The van der Waals surface area contributed by atoms with Gasteiger partial charge in [-0.3, -0.25) is 4.98 Å². The van der Waals surface area contributed by atoms with E-state index >= 15 is 0 Å². The molecule has 3 aromatic rings. The van der Waals surface area contributed by atoms with E-state index in [0.29, 0.717) is 18.1 Å². The number of benzene rings is 1. The number of hydrogen-bond acceptors (Lipinski definition) is 5. The third-order valence-electron chi connectivity index (χ3n) is 3.69. The molecule has 6 nitrogen and oxygen atoms in total. The summed E-state index contributed by atoms with van der Waals surface area (Å²) in [6, 6.07) is 6.03. The lowest BCUT2D eigenvalue weighted by molar-refractivity contribution is 0.0925.